The van der Waals surface area contributed by atoms with Crippen molar-refractivity contribution in [1.82, 2.24) is 15.0 Å². The number of hydrogen-bond donors (Lipinski definition) is 0. The van der Waals surface area contributed by atoms with Crippen LogP contribution in [0.15, 0.2) is 66.4 Å². The van der Waals surface area contributed by atoms with Crippen LogP contribution in [0.4, 0.5) is 0 Å². The number of carbonyl (C=O) groups is 1. The highest BCUT2D eigenvalue weighted by atomic mass is 32.2. The second kappa shape index (κ2) is 13.4. The van der Waals surface area contributed by atoms with Gasteiger partial charge in [0, 0.05) is 24.2 Å². The van der Waals surface area contributed by atoms with Gasteiger partial charge in [-0.1, -0.05) is 53.3 Å². The van der Waals surface area contributed by atoms with Crippen molar-refractivity contribution in [2.75, 3.05) is 18.6 Å². The lowest BCUT2D eigenvalue weighted by Gasteiger charge is -2.04. The van der Waals surface area contributed by atoms with E-state index < -0.39 is 0 Å². The number of rotatable bonds is 12. The van der Waals surface area contributed by atoms with Gasteiger partial charge >= 0.3 is 5.97 Å². The Labute approximate surface area is 205 Å². The van der Waals surface area contributed by atoms with Gasteiger partial charge in [-0.25, -0.2) is 0 Å². The summed E-state index contributed by atoms with van der Waals surface area (Å²) in [6.07, 6.45) is 7.36. The standard InChI is InChI=1S/C27H30N4O2S/c1-21(13-16-34-17-14-27(32)33-2)12-15-31-20-26(29-30-31)11-8-22-6-9-24(10-7-22)25-5-3-4-23(18-25)19-28/h3-7,9-10,13,18,20H,8,11-12,14-17H2,1-2H3/b21-13+. The molecule has 34 heavy (non-hydrogen) atoms. The number of thioether (sulfide) groups is 1. The molecule has 0 aliphatic carbocycles. The first-order valence-electron chi connectivity index (χ1n) is 11.4. The molecule has 3 aromatic rings. The van der Waals surface area contributed by atoms with Crippen LogP contribution in [0.2, 0.25) is 0 Å². The fraction of sp³-hybridized carbons (Fsp3) is 0.333. The number of hydrogen-bond acceptors (Lipinski definition) is 6. The average molecular weight is 475 g/mol. The van der Waals surface area contributed by atoms with E-state index in [1.807, 2.05) is 35.1 Å². The molecule has 2 aromatic carbocycles. The number of ether oxygens (including phenoxy) is 1. The highest BCUT2D eigenvalue weighted by Gasteiger charge is 2.04. The van der Waals surface area contributed by atoms with Crippen LogP contribution in [-0.4, -0.2) is 39.6 Å². The average Bonchev–Trinajstić information content (AvgIpc) is 3.34. The SMILES string of the molecule is COC(=O)CCSC/C=C(\C)CCn1cc(CCc2ccc(-c3cccc(C#N)c3)cc2)nn1. The van der Waals surface area contributed by atoms with Gasteiger partial charge in [-0.05, 0) is 55.0 Å². The van der Waals surface area contributed by atoms with E-state index in [1.165, 1.54) is 18.2 Å². The highest BCUT2D eigenvalue weighted by Crippen LogP contribution is 2.21. The minimum Gasteiger partial charge on any atom is -0.469 e. The summed E-state index contributed by atoms with van der Waals surface area (Å²) in [6, 6.07) is 18.3. The third kappa shape index (κ3) is 8.20. The van der Waals surface area contributed by atoms with Crippen LogP contribution in [0.25, 0.3) is 11.1 Å². The largest absolute Gasteiger partial charge is 0.469 e. The Kier molecular flexibility index (Phi) is 9.93. The molecule has 0 atom stereocenters. The van der Waals surface area contributed by atoms with Crippen molar-refractivity contribution in [3.8, 4) is 17.2 Å². The molecule has 0 bridgehead atoms. The van der Waals surface area contributed by atoms with Gasteiger partial charge in [0.15, 0.2) is 0 Å². The third-order valence-corrected chi connectivity index (χ3v) is 6.39. The normalized spacial score (nSPS) is 11.3. The Morgan fingerprint density at radius 1 is 1.15 bits per heavy atom. The van der Waals surface area contributed by atoms with Crippen molar-refractivity contribution in [3.63, 3.8) is 0 Å². The maximum absolute atomic E-state index is 11.1. The van der Waals surface area contributed by atoms with Crippen molar-refractivity contribution in [2.24, 2.45) is 0 Å². The first kappa shape index (κ1) is 25.3. The fourth-order valence-corrected chi connectivity index (χ4v) is 4.28. The molecule has 0 radical (unpaired) electrons. The predicted molar refractivity (Wildman–Crippen MR) is 136 cm³/mol. The Bertz CT molecular complexity index is 1150. The number of aromatic nitrogens is 3. The van der Waals surface area contributed by atoms with E-state index in [9.17, 15) is 4.79 Å². The summed E-state index contributed by atoms with van der Waals surface area (Å²) in [5.74, 6) is 1.52. The van der Waals surface area contributed by atoms with Crippen molar-refractivity contribution < 1.29 is 9.53 Å². The maximum Gasteiger partial charge on any atom is 0.306 e. The van der Waals surface area contributed by atoms with Crippen LogP contribution < -0.4 is 0 Å². The molecule has 1 heterocycles. The smallest absolute Gasteiger partial charge is 0.306 e. The van der Waals surface area contributed by atoms with E-state index in [0.29, 0.717) is 12.0 Å². The highest BCUT2D eigenvalue weighted by molar-refractivity contribution is 7.99. The van der Waals surface area contributed by atoms with Crippen molar-refractivity contribution in [2.45, 2.75) is 39.2 Å². The Morgan fingerprint density at radius 3 is 2.74 bits per heavy atom. The summed E-state index contributed by atoms with van der Waals surface area (Å²) in [6.45, 7) is 2.93. The van der Waals surface area contributed by atoms with E-state index in [4.69, 9.17) is 5.26 Å². The number of methoxy groups -OCH3 is 1. The molecular weight excluding hydrogens is 444 g/mol. The van der Waals surface area contributed by atoms with Gasteiger partial charge < -0.3 is 4.74 Å². The van der Waals surface area contributed by atoms with E-state index in [1.54, 1.807) is 11.8 Å². The first-order chi connectivity index (χ1) is 16.6. The molecule has 1 aromatic heterocycles. The number of aryl methyl sites for hydroxylation is 3. The summed E-state index contributed by atoms with van der Waals surface area (Å²) in [7, 11) is 1.42. The lowest BCUT2D eigenvalue weighted by atomic mass is 10.0. The van der Waals surface area contributed by atoms with E-state index in [0.717, 1.165) is 54.1 Å². The zero-order valence-corrected chi connectivity index (χ0v) is 20.6. The summed E-state index contributed by atoms with van der Waals surface area (Å²) >= 11 is 1.73. The summed E-state index contributed by atoms with van der Waals surface area (Å²) < 4.78 is 6.55. The Morgan fingerprint density at radius 2 is 1.97 bits per heavy atom. The number of nitrogens with zero attached hydrogens (tertiary/aromatic N) is 4. The van der Waals surface area contributed by atoms with Gasteiger partial charge in [0.05, 0.1) is 30.9 Å². The molecule has 3 rings (SSSR count). The third-order valence-electron chi connectivity index (χ3n) is 5.50. The Balaban J connectivity index is 1.41. The molecule has 0 unspecified atom stereocenters. The number of esters is 1. The summed E-state index contributed by atoms with van der Waals surface area (Å²) in [5, 5.41) is 17.7. The molecule has 0 N–H and O–H groups in total. The van der Waals surface area contributed by atoms with Gasteiger partial charge in [0.1, 0.15) is 0 Å². The lowest BCUT2D eigenvalue weighted by molar-refractivity contribution is -0.140. The summed E-state index contributed by atoms with van der Waals surface area (Å²) in [4.78, 5) is 11.1. The van der Waals surface area contributed by atoms with Crippen molar-refractivity contribution in [1.29, 1.82) is 5.26 Å². The van der Waals surface area contributed by atoms with Gasteiger partial charge in [-0.3, -0.25) is 9.48 Å². The van der Waals surface area contributed by atoms with Gasteiger partial charge in [0.25, 0.3) is 0 Å². The monoisotopic (exact) mass is 474 g/mol. The fourth-order valence-electron chi connectivity index (χ4n) is 3.40. The molecule has 0 aliphatic heterocycles. The molecule has 6 nitrogen and oxygen atoms in total. The van der Waals surface area contributed by atoms with E-state index >= 15 is 0 Å². The van der Waals surface area contributed by atoms with Crippen LogP contribution in [0, 0.1) is 11.3 Å². The van der Waals surface area contributed by atoms with Gasteiger partial charge in [-0.2, -0.15) is 17.0 Å². The van der Waals surface area contributed by atoms with Crippen LogP contribution >= 0.6 is 11.8 Å². The van der Waals surface area contributed by atoms with E-state index in [-0.39, 0.29) is 5.97 Å². The van der Waals surface area contributed by atoms with Crippen molar-refractivity contribution in [3.05, 3.63) is 83.2 Å². The maximum atomic E-state index is 11.1. The van der Waals surface area contributed by atoms with Gasteiger partial charge in [-0.15, -0.1) is 5.10 Å². The quantitative estimate of drug-likeness (QED) is 0.203. The molecule has 0 fully saturated rings. The number of allylic oxidation sites excluding steroid dienone is 1. The Hall–Kier alpha value is -3.37. The number of benzene rings is 2. The second-order valence-corrected chi connectivity index (χ2v) is 9.21. The predicted octanol–water partition coefficient (Wildman–Crippen LogP) is 5.23. The molecule has 0 saturated carbocycles. The molecular formula is C27H30N4O2S. The molecule has 0 saturated heterocycles. The number of carbonyl (C=O) groups excluding carboxylic acids is 1. The molecule has 0 aliphatic rings. The lowest BCUT2D eigenvalue weighted by Crippen LogP contribution is -2.01. The topological polar surface area (TPSA) is 80.8 Å². The molecule has 0 amide bonds. The zero-order chi connectivity index (χ0) is 24.2. The summed E-state index contributed by atoms with van der Waals surface area (Å²) in [5.41, 5.74) is 6.38. The van der Waals surface area contributed by atoms with Crippen LogP contribution in [-0.2, 0) is 28.9 Å². The minimum absolute atomic E-state index is 0.158. The first-order valence-corrected chi connectivity index (χ1v) is 12.5. The molecule has 7 heteroatoms. The molecule has 176 valence electrons. The van der Waals surface area contributed by atoms with E-state index in [2.05, 4.69) is 58.4 Å². The van der Waals surface area contributed by atoms with Crippen LogP contribution in [0.1, 0.15) is 36.6 Å². The number of nitriles is 1. The van der Waals surface area contributed by atoms with Crippen molar-refractivity contribution >= 4 is 17.7 Å². The zero-order valence-electron chi connectivity index (χ0n) is 19.7. The van der Waals surface area contributed by atoms with Gasteiger partial charge in [0.2, 0.25) is 0 Å². The van der Waals surface area contributed by atoms with Crippen LogP contribution in [0.5, 0.6) is 0 Å². The van der Waals surface area contributed by atoms with Crippen LogP contribution in [0.3, 0.4) is 0 Å². The second-order valence-electron chi connectivity index (χ2n) is 8.06. The molecule has 0 spiro atoms. The minimum atomic E-state index is -0.158.